The van der Waals surface area contributed by atoms with Crippen molar-refractivity contribution < 1.29 is 80.2 Å². The number of phosphoric acid groups is 2. The second kappa shape index (κ2) is 51.9. The quantitative estimate of drug-likeness (QED) is 0.0222. The number of aliphatic hydroxyl groups excluding tert-OH is 1. The van der Waals surface area contributed by atoms with Crippen molar-refractivity contribution in [3.63, 3.8) is 0 Å². The zero-order valence-corrected chi connectivity index (χ0v) is 51.7. The Bertz CT molecular complexity index is 1550. The molecule has 0 bridgehead atoms. The van der Waals surface area contributed by atoms with Crippen LogP contribution in [-0.2, 0) is 65.4 Å². The third kappa shape index (κ3) is 53.4. The number of carbonyl (C=O) groups excluding carboxylic acids is 4. The Hall–Kier alpha value is -1.94. The van der Waals surface area contributed by atoms with Crippen LogP contribution >= 0.6 is 15.6 Å². The summed E-state index contributed by atoms with van der Waals surface area (Å²) in [6.07, 6.45) is 32.7. The maximum Gasteiger partial charge on any atom is 0.472 e. The van der Waals surface area contributed by atoms with Crippen LogP contribution < -0.4 is 0 Å². The van der Waals surface area contributed by atoms with E-state index < -0.39 is 97.5 Å². The Kier molecular flexibility index (Phi) is 50.6. The van der Waals surface area contributed by atoms with Gasteiger partial charge in [0.15, 0.2) is 12.2 Å². The summed E-state index contributed by atoms with van der Waals surface area (Å²) in [7, 11) is -9.86. The van der Waals surface area contributed by atoms with E-state index in [9.17, 15) is 43.2 Å². The lowest BCUT2D eigenvalue weighted by atomic mass is 10.0. The lowest BCUT2D eigenvalue weighted by Gasteiger charge is -2.21. The van der Waals surface area contributed by atoms with Crippen molar-refractivity contribution in [3.8, 4) is 0 Å². The van der Waals surface area contributed by atoms with Crippen molar-refractivity contribution in [1.29, 1.82) is 0 Å². The molecule has 3 N–H and O–H groups in total. The number of aliphatic hydroxyl groups is 1. The maximum absolute atomic E-state index is 12.9. The summed E-state index contributed by atoms with van der Waals surface area (Å²) in [6, 6.07) is 0. The van der Waals surface area contributed by atoms with Crippen LogP contribution in [0.15, 0.2) is 0 Å². The van der Waals surface area contributed by atoms with Crippen molar-refractivity contribution in [2.75, 3.05) is 39.6 Å². The Morgan fingerprint density at radius 2 is 0.590 bits per heavy atom. The van der Waals surface area contributed by atoms with Crippen molar-refractivity contribution in [2.24, 2.45) is 11.8 Å². The van der Waals surface area contributed by atoms with Gasteiger partial charge in [-0.05, 0) is 37.5 Å². The molecule has 19 heteroatoms. The van der Waals surface area contributed by atoms with Gasteiger partial charge in [-0.1, -0.05) is 234 Å². The Morgan fingerprint density at radius 3 is 0.872 bits per heavy atom. The average Bonchev–Trinajstić information content (AvgIpc) is 3.39. The molecule has 462 valence electrons. The molecule has 0 saturated carbocycles. The van der Waals surface area contributed by atoms with E-state index in [1.54, 1.807) is 0 Å². The first-order valence-electron chi connectivity index (χ1n) is 31.0. The monoisotopic (exact) mass is 1160 g/mol. The predicted octanol–water partition coefficient (Wildman–Crippen LogP) is 15.7. The summed E-state index contributed by atoms with van der Waals surface area (Å²) in [6.45, 7) is 9.27. The van der Waals surface area contributed by atoms with E-state index in [1.165, 1.54) is 83.5 Å². The molecular formula is C59H114O17P2. The lowest BCUT2D eigenvalue weighted by molar-refractivity contribution is -0.161. The number of carbonyl (C=O) groups is 4. The van der Waals surface area contributed by atoms with Crippen molar-refractivity contribution in [3.05, 3.63) is 0 Å². The maximum atomic E-state index is 12.9. The standard InChI is InChI=1S/C59H114O17P2/c1-7-9-11-13-14-23-31-37-43-58(63)75-54(47-69-56(61)41-35-27-12-10-8-2)49-73-77(65,66)71-45-53(60)46-72-78(67,68)74-50-55(48-70-57(62)42-36-30-26-25-29-34-40-52(5)6)76-59(64)44-38-32-24-21-19-17-15-16-18-20-22-28-33-39-51(3)4/h51-55,60H,7-50H2,1-6H3,(H,65,66)(H,67,68)/t53-,54+,55+/m0/s1. The van der Waals surface area contributed by atoms with Gasteiger partial charge >= 0.3 is 39.5 Å². The van der Waals surface area contributed by atoms with E-state index in [-0.39, 0.29) is 25.7 Å². The molecule has 0 spiro atoms. The number of esters is 4. The highest BCUT2D eigenvalue weighted by Crippen LogP contribution is 2.45. The van der Waals surface area contributed by atoms with Gasteiger partial charge in [0.1, 0.15) is 19.3 Å². The van der Waals surface area contributed by atoms with E-state index in [1.807, 2.05) is 0 Å². The first kappa shape index (κ1) is 76.1. The predicted molar refractivity (Wildman–Crippen MR) is 308 cm³/mol. The largest absolute Gasteiger partial charge is 0.472 e. The van der Waals surface area contributed by atoms with Crippen LogP contribution in [0.25, 0.3) is 0 Å². The zero-order chi connectivity index (χ0) is 58.0. The number of rotatable bonds is 58. The molecular weight excluding hydrogens is 1040 g/mol. The van der Waals surface area contributed by atoms with Crippen LogP contribution in [0, 0.1) is 11.8 Å². The molecule has 0 amide bonds. The van der Waals surface area contributed by atoms with Crippen LogP contribution in [0.3, 0.4) is 0 Å². The second-order valence-electron chi connectivity index (χ2n) is 22.3. The molecule has 0 aliphatic carbocycles. The fourth-order valence-electron chi connectivity index (χ4n) is 8.65. The molecule has 0 aliphatic rings. The second-order valence-corrected chi connectivity index (χ2v) is 25.2. The van der Waals surface area contributed by atoms with Crippen molar-refractivity contribution in [2.45, 2.75) is 304 Å². The van der Waals surface area contributed by atoms with Gasteiger partial charge < -0.3 is 33.8 Å². The first-order chi connectivity index (χ1) is 37.4. The van der Waals surface area contributed by atoms with Gasteiger partial charge in [0.2, 0.25) is 0 Å². The molecule has 0 heterocycles. The van der Waals surface area contributed by atoms with E-state index in [0.29, 0.717) is 31.6 Å². The summed E-state index contributed by atoms with van der Waals surface area (Å²) < 4.78 is 67.5. The minimum Gasteiger partial charge on any atom is -0.462 e. The minimum absolute atomic E-state index is 0.104. The smallest absolute Gasteiger partial charge is 0.462 e. The number of hydrogen-bond acceptors (Lipinski definition) is 15. The molecule has 2 unspecified atom stereocenters. The molecule has 0 aromatic carbocycles. The van der Waals surface area contributed by atoms with Crippen LogP contribution in [0.1, 0.15) is 286 Å². The highest BCUT2D eigenvalue weighted by Gasteiger charge is 2.30. The number of hydrogen-bond donors (Lipinski definition) is 3. The minimum atomic E-state index is -4.94. The lowest BCUT2D eigenvalue weighted by Crippen LogP contribution is -2.30. The molecule has 0 aliphatic heterocycles. The fraction of sp³-hybridized carbons (Fsp3) is 0.932. The van der Waals surface area contributed by atoms with Gasteiger partial charge in [0, 0.05) is 25.7 Å². The van der Waals surface area contributed by atoms with Crippen LogP contribution in [0.5, 0.6) is 0 Å². The van der Waals surface area contributed by atoms with E-state index in [0.717, 1.165) is 115 Å². The summed E-state index contributed by atoms with van der Waals surface area (Å²) in [5.74, 6) is -0.690. The van der Waals surface area contributed by atoms with E-state index in [4.69, 9.17) is 37.0 Å². The van der Waals surface area contributed by atoms with Gasteiger partial charge in [0.05, 0.1) is 26.4 Å². The van der Waals surface area contributed by atoms with Gasteiger partial charge in [-0.3, -0.25) is 37.3 Å². The Balaban J connectivity index is 5.14. The SMILES string of the molecule is CCCCCCCCCCC(=O)O[C@H](COC(=O)CCCCCCC)COP(=O)(O)OC[C@H](O)COP(=O)(O)OC[C@@H](COC(=O)CCCCCCCCC(C)C)OC(=O)CCCCCCCCCCCCCCCC(C)C. The Morgan fingerprint density at radius 1 is 0.346 bits per heavy atom. The van der Waals surface area contributed by atoms with Gasteiger partial charge in [0.25, 0.3) is 0 Å². The van der Waals surface area contributed by atoms with Crippen LogP contribution in [-0.4, -0.2) is 96.7 Å². The van der Waals surface area contributed by atoms with Gasteiger partial charge in [-0.15, -0.1) is 0 Å². The molecule has 5 atom stereocenters. The summed E-state index contributed by atoms with van der Waals surface area (Å²) in [5.41, 5.74) is 0. The van der Waals surface area contributed by atoms with Gasteiger partial charge in [-0.2, -0.15) is 0 Å². The third-order valence-corrected chi connectivity index (χ3v) is 15.4. The molecule has 0 fully saturated rings. The molecule has 0 rings (SSSR count). The first-order valence-corrected chi connectivity index (χ1v) is 34.0. The summed E-state index contributed by atoms with van der Waals surface area (Å²) >= 11 is 0. The Labute approximate surface area is 473 Å². The van der Waals surface area contributed by atoms with E-state index >= 15 is 0 Å². The topological polar surface area (TPSA) is 237 Å². The summed E-state index contributed by atoms with van der Waals surface area (Å²) in [4.78, 5) is 71.6. The average molecular weight is 1160 g/mol. The summed E-state index contributed by atoms with van der Waals surface area (Å²) in [5, 5.41) is 10.5. The molecule has 0 radical (unpaired) electrons. The third-order valence-electron chi connectivity index (χ3n) is 13.5. The fourth-order valence-corrected chi connectivity index (χ4v) is 10.2. The highest BCUT2D eigenvalue weighted by molar-refractivity contribution is 7.47. The molecule has 0 aromatic heterocycles. The molecule has 17 nitrogen and oxygen atoms in total. The van der Waals surface area contributed by atoms with E-state index in [2.05, 4.69) is 41.5 Å². The molecule has 0 aromatic rings. The van der Waals surface area contributed by atoms with Gasteiger partial charge in [-0.25, -0.2) is 9.13 Å². The van der Waals surface area contributed by atoms with Crippen molar-refractivity contribution in [1.82, 2.24) is 0 Å². The zero-order valence-electron chi connectivity index (χ0n) is 50.0. The molecule has 0 saturated heterocycles. The van der Waals surface area contributed by atoms with Crippen LogP contribution in [0.2, 0.25) is 0 Å². The number of phosphoric ester groups is 2. The number of ether oxygens (including phenoxy) is 4. The molecule has 78 heavy (non-hydrogen) atoms. The van der Waals surface area contributed by atoms with Crippen molar-refractivity contribution >= 4 is 39.5 Å². The normalized spacial score (nSPS) is 14.4. The number of unbranched alkanes of at least 4 members (excludes halogenated alkanes) is 28. The van der Waals surface area contributed by atoms with Crippen LogP contribution in [0.4, 0.5) is 0 Å². The highest BCUT2D eigenvalue weighted by atomic mass is 31.2.